The summed E-state index contributed by atoms with van der Waals surface area (Å²) in [4.78, 5) is 38.2. The highest BCUT2D eigenvalue weighted by Gasteiger charge is 2.35. The van der Waals surface area contributed by atoms with Crippen LogP contribution in [0, 0.1) is 19.3 Å². The van der Waals surface area contributed by atoms with E-state index in [1.807, 2.05) is 19.1 Å². The normalized spacial score (nSPS) is 14.2. The van der Waals surface area contributed by atoms with Crippen LogP contribution in [0.3, 0.4) is 0 Å². The molecule has 1 fully saturated rings. The predicted molar refractivity (Wildman–Crippen MR) is 123 cm³/mol. The number of halogens is 1. The second-order valence-corrected chi connectivity index (χ2v) is 7.67. The fourth-order valence-electron chi connectivity index (χ4n) is 2.90. The van der Waals surface area contributed by atoms with Crippen molar-refractivity contribution in [2.24, 2.45) is 0 Å². The van der Waals surface area contributed by atoms with Crippen LogP contribution in [-0.2, 0) is 9.59 Å². The van der Waals surface area contributed by atoms with Gasteiger partial charge in [-0.25, -0.2) is 9.69 Å². The molecule has 32 heavy (non-hydrogen) atoms. The van der Waals surface area contributed by atoms with Gasteiger partial charge in [-0.1, -0.05) is 39.5 Å². The average Bonchev–Trinajstić information content (AvgIpc) is 3.02. The summed E-state index contributed by atoms with van der Waals surface area (Å²) in [6, 6.07) is 9.78. The van der Waals surface area contributed by atoms with Gasteiger partial charge in [-0.15, -0.1) is 6.42 Å². The Morgan fingerprint density at radius 1 is 1.25 bits per heavy atom. The molecule has 9 heteroatoms. The van der Waals surface area contributed by atoms with Gasteiger partial charge in [-0.3, -0.25) is 9.59 Å². The summed E-state index contributed by atoms with van der Waals surface area (Å²) in [6.45, 7) is 1.58. The first-order chi connectivity index (χ1) is 15.3. The second-order valence-electron chi connectivity index (χ2n) is 6.81. The van der Waals surface area contributed by atoms with Crippen LogP contribution < -0.4 is 20.1 Å². The Morgan fingerprint density at radius 3 is 2.62 bits per heavy atom. The van der Waals surface area contributed by atoms with Crippen molar-refractivity contribution in [2.75, 3.05) is 25.6 Å². The molecule has 1 aliphatic rings. The summed E-state index contributed by atoms with van der Waals surface area (Å²) in [5.41, 5.74) is 2.21. The first kappa shape index (κ1) is 22.9. The van der Waals surface area contributed by atoms with Gasteiger partial charge in [0.05, 0.1) is 7.11 Å². The Morgan fingerprint density at radius 2 is 1.97 bits per heavy atom. The third-order valence-corrected chi connectivity index (χ3v) is 5.18. The summed E-state index contributed by atoms with van der Waals surface area (Å²) in [7, 11) is 1.47. The molecule has 0 aromatic heterocycles. The van der Waals surface area contributed by atoms with Gasteiger partial charge in [0.2, 0.25) is 5.91 Å². The summed E-state index contributed by atoms with van der Waals surface area (Å²) in [6.07, 6.45) is 6.70. The smallest absolute Gasteiger partial charge is 0.329 e. The number of amides is 4. The van der Waals surface area contributed by atoms with Crippen molar-refractivity contribution in [3.8, 4) is 23.8 Å². The number of imide groups is 1. The summed E-state index contributed by atoms with van der Waals surface area (Å²) in [5, 5.41) is 5.16. The molecule has 0 unspecified atom stereocenters. The van der Waals surface area contributed by atoms with Gasteiger partial charge < -0.3 is 20.1 Å². The lowest BCUT2D eigenvalue weighted by atomic mass is 10.1. The van der Waals surface area contributed by atoms with Gasteiger partial charge in [-0.05, 0) is 42.8 Å². The summed E-state index contributed by atoms with van der Waals surface area (Å²) in [5.74, 6) is 2.10. The number of urea groups is 1. The van der Waals surface area contributed by atoms with Crippen LogP contribution in [0.1, 0.15) is 11.1 Å². The van der Waals surface area contributed by atoms with Crippen LogP contribution in [0.15, 0.2) is 46.6 Å². The first-order valence-electron chi connectivity index (χ1n) is 9.47. The largest absolute Gasteiger partial charge is 0.493 e. The van der Waals surface area contributed by atoms with Crippen molar-refractivity contribution in [1.29, 1.82) is 0 Å². The maximum atomic E-state index is 12.7. The standard InChI is InChI=1S/C23H20BrN3O5/c1-4-9-32-20-12-17(24)15(11-19(20)31-3)10-18-22(29)27(23(30)26-18)13-21(28)25-16-7-5-14(2)6-8-16/h1,5-8,10-12H,9,13H2,2-3H3,(H,25,28)(H,26,30)/b18-10+. The highest BCUT2D eigenvalue weighted by Crippen LogP contribution is 2.35. The van der Waals surface area contributed by atoms with Crippen LogP contribution in [-0.4, -0.2) is 43.0 Å². The van der Waals surface area contributed by atoms with E-state index in [0.717, 1.165) is 10.5 Å². The van der Waals surface area contributed by atoms with E-state index in [-0.39, 0.29) is 12.3 Å². The van der Waals surface area contributed by atoms with Crippen LogP contribution in [0.25, 0.3) is 6.08 Å². The lowest BCUT2D eigenvalue weighted by Gasteiger charge is -2.12. The fourth-order valence-corrected chi connectivity index (χ4v) is 3.34. The van der Waals surface area contributed by atoms with Crippen molar-refractivity contribution in [3.63, 3.8) is 0 Å². The van der Waals surface area contributed by atoms with Gasteiger partial charge in [0.1, 0.15) is 18.8 Å². The number of methoxy groups -OCH3 is 1. The molecule has 1 heterocycles. The highest BCUT2D eigenvalue weighted by molar-refractivity contribution is 9.10. The minimum absolute atomic E-state index is 0.0261. The predicted octanol–water partition coefficient (Wildman–Crippen LogP) is 3.31. The number of anilines is 1. The second kappa shape index (κ2) is 10.0. The number of terminal acetylenes is 1. The Balaban J connectivity index is 1.75. The maximum absolute atomic E-state index is 12.7. The number of carbonyl (C=O) groups excluding carboxylic acids is 3. The zero-order valence-corrected chi connectivity index (χ0v) is 19.0. The van der Waals surface area contributed by atoms with Crippen molar-refractivity contribution in [2.45, 2.75) is 6.92 Å². The fraction of sp³-hybridized carbons (Fsp3) is 0.174. The van der Waals surface area contributed by atoms with Gasteiger partial charge in [-0.2, -0.15) is 0 Å². The minimum atomic E-state index is -0.683. The molecular weight excluding hydrogens is 478 g/mol. The molecule has 4 amide bonds. The third-order valence-electron chi connectivity index (χ3n) is 4.49. The van der Waals surface area contributed by atoms with Crippen LogP contribution in [0.5, 0.6) is 11.5 Å². The molecule has 0 spiro atoms. The lowest BCUT2D eigenvalue weighted by Crippen LogP contribution is -2.38. The Hall–Kier alpha value is -3.77. The molecule has 2 aromatic carbocycles. The molecule has 0 bridgehead atoms. The minimum Gasteiger partial charge on any atom is -0.493 e. The molecule has 1 aliphatic heterocycles. The van der Waals surface area contributed by atoms with Gasteiger partial charge in [0, 0.05) is 10.2 Å². The van der Waals surface area contributed by atoms with Crippen molar-refractivity contribution in [1.82, 2.24) is 10.2 Å². The van der Waals surface area contributed by atoms with Crippen LogP contribution in [0.2, 0.25) is 0 Å². The van der Waals surface area contributed by atoms with Gasteiger partial charge >= 0.3 is 6.03 Å². The number of benzene rings is 2. The Labute approximate surface area is 193 Å². The number of hydrogen-bond acceptors (Lipinski definition) is 5. The number of rotatable bonds is 7. The molecular formula is C23H20BrN3O5. The Kier molecular flexibility index (Phi) is 7.18. The third kappa shape index (κ3) is 5.28. The van der Waals surface area contributed by atoms with E-state index in [2.05, 4.69) is 32.5 Å². The van der Waals surface area contributed by atoms with E-state index in [9.17, 15) is 14.4 Å². The van der Waals surface area contributed by atoms with E-state index >= 15 is 0 Å². The summed E-state index contributed by atoms with van der Waals surface area (Å²) >= 11 is 3.41. The molecule has 2 N–H and O–H groups in total. The molecule has 1 saturated heterocycles. The molecule has 2 aromatic rings. The molecule has 164 valence electrons. The van der Waals surface area contributed by atoms with Crippen molar-refractivity contribution < 1.29 is 23.9 Å². The number of carbonyl (C=O) groups is 3. The number of aryl methyl sites for hydroxylation is 1. The van der Waals surface area contributed by atoms with E-state index in [1.165, 1.54) is 13.2 Å². The van der Waals surface area contributed by atoms with Crippen LogP contribution in [0.4, 0.5) is 10.5 Å². The van der Waals surface area contributed by atoms with Crippen molar-refractivity contribution >= 4 is 45.5 Å². The quantitative estimate of drug-likeness (QED) is 0.347. The van der Waals surface area contributed by atoms with Crippen LogP contribution >= 0.6 is 15.9 Å². The van der Waals surface area contributed by atoms with Crippen molar-refractivity contribution in [3.05, 3.63) is 57.7 Å². The monoisotopic (exact) mass is 497 g/mol. The van der Waals surface area contributed by atoms with E-state index in [1.54, 1.807) is 24.3 Å². The lowest BCUT2D eigenvalue weighted by molar-refractivity contribution is -0.127. The number of ether oxygens (including phenoxy) is 2. The molecule has 3 rings (SSSR count). The molecule has 0 radical (unpaired) electrons. The number of hydrogen-bond donors (Lipinski definition) is 2. The maximum Gasteiger partial charge on any atom is 0.329 e. The number of nitrogens with one attached hydrogen (secondary N) is 2. The van der Waals surface area contributed by atoms with E-state index < -0.39 is 24.4 Å². The summed E-state index contributed by atoms with van der Waals surface area (Å²) < 4.78 is 11.3. The van der Waals surface area contributed by atoms with E-state index in [0.29, 0.717) is 27.2 Å². The average molecular weight is 498 g/mol. The molecule has 0 saturated carbocycles. The van der Waals surface area contributed by atoms with Gasteiger partial charge in [0.25, 0.3) is 5.91 Å². The highest BCUT2D eigenvalue weighted by atomic mass is 79.9. The molecule has 0 aliphatic carbocycles. The first-order valence-corrected chi connectivity index (χ1v) is 10.3. The zero-order chi connectivity index (χ0) is 23.3. The molecule has 0 atom stereocenters. The SMILES string of the molecule is C#CCOc1cc(Br)c(/C=C2/NC(=O)N(CC(=O)Nc3ccc(C)cc3)C2=O)cc1OC. The zero-order valence-electron chi connectivity index (χ0n) is 17.4. The van der Waals surface area contributed by atoms with E-state index in [4.69, 9.17) is 15.9 Å². The van der Waals surface area contributed by atoms with Gasteiger partial charge in [0.15, 0.2) is 11.5 Å². The Bertz CT molecular complexity index is 1140. The number of nitrogens with zero attached hydrogens (tertiary/aromatic N) is 1. The topological polar surface area (TPSA) is 97.0 Å². The molecule has 8 nitrogen and oxygen atoms in total.